The van der Waals surface area contributed by atoms with Crippen molar-refractivity contribution in [3.63, 3.8) is 0 Å². The normalized spacial score (nSPS) is 13.4. The van der Waals surface area contributed by atoms with Gasteiger partial charge in [-0.25, -0.2) is 18.1 Å². The molecule has 0 aliphatic rings. The summed E-state index contributed by atoms with van der Waals surface area (Å²) in [5.74, 6) is 0.644. The highest BCUT2D eigenvalue weighted by atomic mass is 32.2. The quantitative estimate of drug-likeness (QED) is 0.774. The molecular formula is C14H25N3O2S. The van der Waals surface area contributed by atoms with Crippen LogP contribution >= 0.6 is 0 Å². The zero-order chi connectivity index (χ0) is 15.2. The molecular weight excluding hydrogens is 274 g/mol. The van der Waals surface area contributed by atoms with E-state index in [0.717, 1.165) is 19.3 Å². The van der Waals surface area contributed by atoms with Crippen molar-refractivity contribution in [1.29, 1.82) is 0 Å². The molecule has 0 aromatic carbocycles. The van der Waals surface area contributed by atoms with E-state index in [4.69, 9.17) is 0 Å². The van der Waals surface area contributed by atoms with E-state index in [9.17, 15) is 8.42 Å². The van der Waals surface area contributed by atoms with E-state index >= 15 is 0 Å². The van der Waals surface area contributed by atoms with Gasteiger partial charge >= 0.3 is 0 Å². The standard InChI is InChI=1S/C14H25N3O2S/c1-11(2)7-5-8-12(3)17-20(18,19)14-13(15-4)9-6-10-16-14/h6,9-12,15,17H,5,7-8H2,1-4H3. The van der Waals surface area contributed by atoms with Crippen LogP contribution in [0.3, 0.4) is 0 Å². The second-order valence-electron chi connectivity index (χ2n) is 5.45. The van der Waals surface area contributed by atoms with E-state index in [2.05, 4.69) is 28.9 Å². The SMILES string of the molecule is CNc1cccnc1S(=O)(=O)NC(C)CCCC(C)C. The van der Waals surface area contributed by atoms with Crippen LogP contribution in [-0.4, -0.2) is 26.5 Å². The van der Waals surface area contributed by atoms with E-state index in [1.807, 2.05) is 6.92 Å². The van der Waals surface area contributed by atoms with Crippen LogP contribution in [0.5, 0.6) is 0 Å². The Bertz CT molecular complexity index is 515. The molecule has 1 unspecified atom stereocenters. The topological polar surface area (TPSA) is 71.1 Å². The largest absolute Gasteiger partial charge is 0.386 e. The van der Waals surface area contributed by atoms with Gasteiger partial charge in [0.25, 0.3) is 10.0 Å². The number of hydrogen-bond donors (Lipinski definition) is 2. The predicted octanol–water partition coefficient (Wildman–Crippen LogP) is 2.62. The summed E-state index contributed by atoms with van der Waals surface area (Å²) >= 11 is 0. The van der Waals surface area contributed by atoms with Crippen LogP contribution in [0.25, 0.3) is 0 Å². The summed E-state index contributed by atoms with van der Waals surface area (Å²) in [6, 6.07) is 3.31. The van der Waals surface area contributed by atoms with Crippen molar-refractivity contribution in [2.24, 2.45) is 5.92 Å². The van der Waals surface area contributed by atoms with E-state index in [1.165, 1.54) is 6.20 Å². The average Bonchev–Trinajstić information content (AvgIpc) is 2.37. The molecule has 0 aliphatic heterocycles. The molecule has 5 nitrogen and oxygen atoms in total. The third kappa shape index (κ3) is 5.09. The second-order valence-corrected chi connectivity index (χ2v) is 7.08. The zero-order valence-corrected chi connectivity index (χ0v) is 13.5. The van der Waals surface area contributed by atoms with Crippen molar-refractivity contribution in [1.82, 2.24) is 9.71 Å². The highest BCUT2D eigenvalue weighted by molar-refractivity contribution is 7.89. The maximum atomic E-state index is 12.3. The smallest absolute Gasteiger partial charge is 0.260 e. The molecule has 0 fully saturated rings. The summed E-state index contributed by atoms with van der Waals surface area (Å²) in [5.41, 5.74) is 0.509. The molecule has 0 aliphatic carbocycles. The van der Waals surface area contributed by atoms with Gasteiger partial charge in [-0.05, 0) is 31.4 Å². The molecule has 0 bridgehead atoms. The van der Waals surface area contributed by atoms with Gasteiger partial charge in [-0.1, -0.05) is 26.7 Å². The van der Waals surface area contributed by atoms with Crippen molar-refractivity contribution in [2.45, 2.75) is 51.1 Å². The number of anilines is 1. The Hall–Kier alpha value is -1.14. The summed E-state index contributed by atoms with van der Waals surface area (Å²) in [6.07, 6.45) is 4.44. The molecule has 0 saturated heterocycles. The first kappa shape index (κ1) is 16.9. The van der Waals surface area contributed by atoms with Crippen molar-refractivity contribution in [3.8, 4) is 0 Å². The average molecular weight is 299 g/mol. The lowest BCUT2D eigenvalue weighted by Gasteiger charge is -2.15. The fourth-order valence-electron chi connectivity index (χ4n) is 2.01. The zero-order valence-electron chi connectivity index (χ0n) is 12.7. The van der Waals surface area contributed by atoms with E-state index in [-0.39, 0.29) is 11.1 Å². The van der Waals surface area contributed by atoms with Gasteiger partial charge in [-0.3, -0.25) is 0 Å². The van der Waals surface area contributed by atoms with Gasteiger partial charge in [-0.15, -0.1) is 0 Å². The molecule has 1 atom stereocenters. The van der Waals surface area contributed by atoms with Gasteiger partial charge < -0.3 is 5.32 Å². The van der Waals surface area contributed by atoms with Gasteiger partial charge in [0.2, 0.25) is 0 Å². The highest BCUT2D eigenvalue weighted by Crippen LogP contribution is 2.18. The number of nitrogens with zero attached hydrogens (tertiary/aromatic N) is 1. The maximum absolute atomic E-state index is 12.3. The Labute approximate surface area is 122 Å². The number of rotatable bonds is 8. The number of sulfonamides is 1. The molecule has 114 valence electrons. The minimum absolute atomic E-state index is 0.0539. The molecule has 0 radical (unpaired) electrons. The van der Waals surface area contributed by atoms with Gasteiger partial charge in [0.1, 0.15) is 0 Å². The van der Waals surface area contributed by atoms with Crippen LogP contribution in [-0.2, 0) is 10.0 Å². The van der Waals surface area contributed by atoms with Crippen LogP contribution in [0.4, 0.5) is 5.69 Å². The fourth-order valence-corrected chi connectivity index (χ4v) is 3.43. The Kier molecular flexibility index (Phi) is 6.42. The van der Waals surface area contributed by atoms with Crippen LogP contribution in [0, 0.1) is 5.92 Å². The van der Waals surface area contributed by atoms with E-state index in [0.29, 0.717) is 11.6 Å². The lowest BCUT2D eigenvalue weighted by atomic mass is 10.0. The monoisotopic (exact) mass is 299 g/mol. The highest BCUT2D eigenvalue weighted by Gasteiger charge is 2.21. The van der Waals surface area contributed by atoms with E-state index < -0.39 is 10.0 Å². The van der Waals surface area contributed by atoms with Crippen molar-refractivity contribution in [3.05, 3.63) is 18.3 Å². The van der Waals surface area contributed by atoms with Crippen LogP contribution in [0.2, 0.25) is 0 Å². The van der Waals surface area contributed by atoms with Crippen LogP contribution < -0.4 is 10.0 Å². The number of aromatic nitrogens is 1. The molecule has 1 rings (SSSR count). The molecule has 1 aromatic heterocycles. The number of pyridine rings is 1. The molecule has 1 heterocycles. The fraction of sp³-hybridized carbons (Fsp3) is 0.643. The minimum atomic E-state index is -3.58. The third-order valence-corrected chi connectivity index (χ3v) is 4.62. The third-order valence-electron chi connectivity index (χ3n) is 3.07. The molecule has 0 amide bonds. The Morgan fingerprint density at radius 1 is 1.25 bits per heavy atom. The summed E-state index contributed by atoms with van der Waals surface area (Å²) < 4.78 is 27.3. The summed E-state index contributed by atoms with van der Waals surface area (Å²) in [7, 11) is -1.89. The maximum Gasteiger partial charge on any atom is 0.260 e. The number of hydrogen-bond acceptors (Lipinski definition) is 4. The van der Waals surface area contributed by atoms with Gasteiger partial charge in [0.05, 0.1) is 5.69 Å². The van der Waals surface area contributed by atoms with Crippen LogP contribution in [0.15, 0.2) is 23.4 Å². The molecule has 0 saturated carbocycles. The first-order chi connectivity index (χ1) is 9.36. The predicted molar refractivity (Wildman–Crippen MR) is 82.3 cm³/mol. The first-order valence-electron chi connectivity index (χ1n) is 7.02. The Balaban J connectivity index is 2.69. The minimum Gasteiger partial charge on any atom is -0.386 e. The first-order valence-corrected chi connectivity index (χ1v) is 8.50. The summed E-state index contributed by atoms with van der Waals surface area (Å²) in [5, 5.41) is 2.91. The molecule has 0 spiro atoms. The lowest BCUT2D eigenvalue weighted by Crippen LogP contribution is -2.33. The number of nitrogens with one attached hydrogen (secondary N) is 2. The van der Waals surface area contributed by atoms with Crippen molar-refractivity contribution in [2.75, 3.05) is 12.4 Å². The molecule has 6 heteroatoms. The second kappa shape index (κ2) is 7.59. The Morgan fingerprint density at radius 2 is 1.95 bits per heavy atom. The molecule has 1 aromatic rings. The van der Waals surface area contributed by atoms with Crippen molar-refractivity contribution >= 4 is 15.7 Å². The Morgan fingerprint density at radius 3 is 2.55 bits per heavy atom. The summed E-state index contributed by atoms with van der Waals surface area (Å²) in [6.45, 7) is 6.23. The lowest BCUT2D eigenvalue weighted by molar-refractivity contribution is 0.487. The van der Waals surface area contributed by atoms with Crippen LogP contribution in [0.1, 0.15) is 40.0 Å². The van der Waals surface area contributed by atoms with Crippen molar-refractivity contribution < 1.29 is 8.42 Å². The van der Waals surface area contributed by atoms with Gasteiger partial charge in [-0.2, -0.15) is 0 Å². The molecule has 20 heavy (non-hydrogen) atoms. The molecule has 2 N–H and O–H groups in total. The van der Waals surface area contributed by atoms with E-state index in [1.54, 1.807) is 19.2 Å². The van der Waals surface area contributed by atoms with Gasteiger partial charge in [0, 0.05) is 19.3 Å². The summed E-state index contributed by atoms with van der Waals surface area (Å²) in [4.78, 5) is 3.97. The van der Waals surface area contributed by atoms with Gasteiger partial charge in [0.15, 0.2) is 5.03 Å².